The number of benzene rings is 1. The van der Waals surface area contributed by atoms with Crippen LogP contribution in [0.1, 0.15) is 32.3 Å². The van der Waals surface area contributed by atoms with E-state index in [1.807, 2.05) is 19.1 Å². The molecule has 1 unspecified atom stereocenters. The molecule has 3 nitrogen and oxygen atoms in total. The smallest absolute Gasteiger partial charge is 0.259 e. The maximum absolute atomic E-state index is 12.2. The van der Waals surface area contributed by atoms with Gasteiger partial charge < -0.3 is 0 Å². The first-order chi connectivity index (χ1) is 8.78. The highest BCUT2D eigenvalue weighted by molar-refractivity contribution is 7.86. The molecule has 4 heteroatoms. The summed E-state index contributed by atoms with van der Waals surface area (Å²) in [5.74, 6) is 0. The second-order valence-corrected chi connectivity index (χ2v) is 7.47. The van der Waals surface area contributed by atoms with Crippen LogP contribution >= 0.6 is 0 Å². The third-order valence-electron chi connectivity index (χ3n) is 3.33. The van der Waals surface area contributed by atoms with Crippen molar-refractivity contribution in [2.75, 3.05) is 0 Å². The molecule has 0 heterocycles. The van der Waals surface area contributed by atoms with Gasteiger partial charge in [-0.05, 0) is 37.3 Å². The number of hydrogen-bond acceptors (Lipinski definition) is 3. The van der Waals surface area contributed by atoms with Crippen molar-refractivity contribution in [2.45, 2.75) is 44.6 Å². The molecule has 1 aromatic carbocycles. The van der Waals surface area contributed by atoms with Gasteiger partial charge in [0.25, 0.3) is 10.1 Å². The molecule has 0 N–H and O–H groups in total. The highest BCUT2D eigenvalue weighted by Crippen LogP contribution is 2.33. The highest BCUT2D eigenvalue weighted by atomic mass is 32.2. The molecule has 0 saturated carbocycles. The average molecular weight is 280 g/mol. The van der Waals surface area contributed by atoms with E-state index in [1.54, 1.807) is 24.3 Å². The Morgan fingerprint density at radius 3 is 2.42 bits per heavy atom. The maximum atomic E-state index is 12.2. The van der Waals surface area contributed by atoms with Gasteiger partial charge in [-0.1, -0.05) is 43.7 Å². The Bertz CT molecular complexity index is 568. The Hall–Kier alpha value is -1.13. The molecule has 1 aliphatic carbocycles. The van der Waals surface area contributed by atoms with E-state index in [0.29, 0.717) is 6.42 Å². The number of allylic oxidation sites excluding steroid dienone is 1. The van der Waals surface area contributed by atoms with Crippen molar-refractivity contribution in [3.8, 4) is 0 Å². The zero-order valence-electron chi connectivity index (χ0n) is 11.6. The van der Waals surface area contributed by atoms with Crippen molar-refractivity contribution in [3.63, 3.8) is 0 Å². The van der Waals surface area contributed by atoms with Crippen LogP contribution < -0.4 is 0 Å². The summed E-state index contributed by atoms with van der Waals surface area (Å²) >= 11 is 0. The fraction of sp³-hybridized carbons (Fsp3) is 0.467. The van der Waals surface area contributed by atoms with Gasteiger partial charge in [-0.25, -0.2) is 0 Å². The van der Waals surface area contributed by atoms with Gasteiger partial charge in [-0.2, -0.15) is 8.42 Å². The molecule has 0 bridgehead atoms. The van der Waals surface area contributed by atoms with Gasteiger partial charge in [0.2, 0.25) is 0 Å². The summed E-state index contributed by atoms with van der Waals surface area (Å²) in [6.45, 7) is 6.15. The van der Waals surface area contributed by atoms with E-state index in [4.69, 9.17) is 4.18 Å². The van der Waals surface area contributed by atoms with Crippen LogP contribution in [-0.4, -0.2) is 14.5 Å². The van der Waals surface area contributed by atoms with E-state index < -0.39 is 10.1 Å². The predicted molar refractivity (Wildman–Crippen MR) is 75.4 cm³/mol. The van der Waals surface area contributed by atoms with Crippen LogP contribution in [0.5, 0.6) is 0 Å². The van der Waals surface area contributed by atoms with Gasteiger partial charge in [0, 0.05) is 0 Å². The van der Waals surface area contributed by atoms with Crippen LogP contribution in [0.15, 0.2) is 41.3 Å². The molecule has 0 aromatic heterocycles. The lowest BCUT2D eigenvalue weighted by molar-refractivity contribution is 0.168. The first kappa shape index (κ1) is 14.3. The zero-order valence-corrected chi connectivity index (χ0v) is 12.4. The van der Waals surface area contributed by atoms with E-state index >= 15 is 0 Å². The Morgan fingerprint density at radius 2 is 1.84 bits per heavy atom. The molecular formula is C15H20O3S. The molecule has 0 radical (unpaired) electrons. The summed E-state index contributed by atoms with van der Waals surface area (Å²) in [5.41, 5.74) is 1.11. The predicted octanol–water partition coefficient (Wildman–Crippen LogP) is 3.45. The summed E-state index contributed by atoms with van der Waals surface area (Å²) in [6, 6.07) is 6.72. The lowest BCUT2D eigenvalue weighted by atomic mass is 9.80. The zero-order chi connectivity index (χ0) is 14.1. The molecule has 1 aromatic rings. The van der Waals surface area contributed by atoms with Crippen LogP contribution in [0.4, 0.5) is 0 Å². The van der Waals surface area contributed by atoms with E-state index in [2.05, 4.69) is 13.8 Å². The molecule has 104 valence electrons. The van der Waals surface area contributed by atoms with Crippen LogP contribution in [-0.2, 0) is 14.3 Å². The summed E-state index contributed by atoms with van der Waals surface area (Å²) in [7, 11) is -3.68. The second-order valence-electron chi connectivity index (χ2n) is 5.90. The van der Waals surface area contributed by atoms with Crippen molar-refractivity contribution in [2.24, 2.45) is 5.41 Å². The minimum atomic E-state index is -3.68. The summed E-state index contributed by atoms with van der Waals surface area (Å²) < 4.78 is 29.7. The van der Waals surface area contributed by atoms with Gasteiger partial charge in [-0.15, -0.1) is 0 Å². The molecule has 19 heavy (non-hydrogen) atoms. The molecular weight excluding hydrogens is 260 g/mol. The minimum Gasteiger partial charge on any atom is -0.259 e. The van der Waals surface area contributed by atoms with Crippen LogP contribution in [0, 0.1) is 12.3 Å². The Kier molecular flexibility index (Phi) is 3.83. The third-order valence-corrected chi connectivity index (χ3v) is 4.68. The topological polar surface area (TPSA) is 43.4 Å². The molecule has 0 aliphatic heterocycles. The fourth-order valence-corrected chi connectivity index (χ4v) is 3.26. The Balaban J connectivity index is 2.16. The van der Waals surface area contributed by atoms with Crippen LogP contribution in [0.25, 0.3) is 0 Å². The Labute approximate surface area is 115 Å². The highest BCUT2D eigenvalue weighted by Gasteiger charge is 2.29. The third kappa shape index (κ3) is 3.67. The first-order valence-corrected chi connectivity index (χ1v) is 7.86. The van der Waals surface area contributed by atoms with Gasteiger partial charge in [0.15, 0.2) is 0 Å². The summed E-state index contributed by atoms with van der Waals surface area (Å²) in [5, 5.41) is 0. The molecule has 0 saturated heterocycles. The van der Waals surface area contributed by atoms with Gasteiger partial charge >= 0.3 is 0 Å². The van der Waals surface area contributed by atoms with Crippen molar-refractivity contribution in [1.82, 2.24) is 0 Å². The first-order valence-electron chi connectivity index (χ1n) is 6.45. The molecule has 1 atom stereocenters. The van der Waals surface area contributed by atoms with Crippen LogP contribution in [0.3, 0.4) is 0 Å². The molecule has 0 amide bonds. The van der Waals surface area contributed by atoms with Crippen molar-refractivity contribution >= 4 is 10.1 Å². The summed E-state index contributed by atoms with van der Waals surface area (Å²) in [4.78, 5) is 0.217. The quantitative estimate of drug-likeness (QED) is 0.629. The number of aryl methyl sites for hydroxylation is 1. The SMILES string of the molecule is Cc1ccc(S(=O)(=O)OC2C=CCC(C)(C)C2)cc1. The van der Waals surface area contributed by atoms with Crippen molar-refractivity contribution in [1.29, 1.82) is 0 Å². The standard InChI is InChI=1S/C15H20O3S/c1-12-6-8-14(9-7-12)19(16,17)18-13-5-4-10-15(2,3)11-13/h4-9,13H,10-11H2,1-3H3. The van der Waals surface area contributed by atoms with Crippen molar-refractivity contribution in [3.05, 3.63) is 42.0 Å². The molecule has 0 spiro atoms. The van der Waals surface area contributed by atoms with Crippen molar-refractivity contribution < 1.29 is 12.6 Å². The van der Waals surface area contributed by atoms with E-state index in [9.17, 15) is 8.42 Å². The second kappa shape index (κ2) is 5.10. The van der Waals surface area contributed by atoms with Gasteiger partial charge in [-0.3, -0.25) is 4.18 Å². The monoisotopic (exact) mass is 280 g/mol. The molecule has 1 aliphatic rings. The molecule has 0 fully saturated rings. The van der Waals surface area contributed by atoms with E-state index in [1.165, 1.54) is 0 Å². The fourth-order valence-electron chi connectivity index (χ4n) is 2.22. The lowest BCUT2D eigenvalue weighted by Crippen LogP contribution is -2.27. The lowest BCUT2D eigenvalue weighted by Gasteiger charge is -2.30. The Morgan fingerprint density at radius 1 is 1.21 bits per heavy atom. The average Bonchev–Trinajstić information content (AvgIpc) is 2.27. The van der Waals surface area contributed by atoms with Crippen LogP contribution in [0.2, 0.25) is 0 Å². The number of hydrogen-bond donors (Lipinski definition) is 0. The summed E-state index contributed by atoms with van der Waals surface area (Å²) in [6.07, 6.45) is 5.15. The normalized spacial score (nSPS) is 22.4. The van der Waals surface area contributed by atoms with E-state index in [0.717, 1.165) is 12.0 Å². The van der Waals surface area contributed by atoms with Gasteiger partial charge in [0.1, 0.15) is 0 Å². The van der Waals surface area contributed by atoms with Gasteiger partial charge in [0.05, 0.1) is 11.0 Å². The minimum absolute atomic E-state index is 0.0855. The number of rotatable bonds is 3. The van der Waals surface area contributed by atoms with E-state index in [-0.39, 0.29) is 16.4 Å². The molecule has 2 rings (SSSR count). The largest absolute Gasteiger partial charge is 0.297 e. The maximum Gasteiger partial charge on any atom is 0.297 e.